The SMILES string of the molecule is NCc1cccc(N2CCN(c3ccc(Cl)cc3)CC2)c1. The maximum absolute atomic E-state index is 5.95. The maximum atomic E-state index is 5.95. The van der Waals surface area contributed by atoms with Crippen LogP contribution in [0.3, 0.4) is 0 Å². The van der Waals surface area contributed by atoms with Crippen LogP contribution in [0.4, 0.5) is 11.4 Å². The van der Waals surface area contributed by atoms with Gasteiger partial charge in [0.15, 0.2) is 0 Å². The van der Waals surface area contributed by atoms with E-state index in [0.29, 0.717) is 6.54 Å². The molecular formula is C17H20ClN3. The van der Waals surface area contributed by atoms with Crippen molar-refractivity contribution in [2.45, 2.75) is 6.54 Å². The van der Waals surface area contributed by atoms with Gasteiger partial charge in [-0.1, -0.05) is 23.7 Å². The number of piperazine rings is 1. The first kappa shape index (κ1) is 14.2. The van der Waals surface area contributed by atoms with Crippen LogP contribution in [0.15, 0.2) is 48.5 Å². The molecule has 0 spiro atoms. The van der Waals surface area contributed by atoms with Crippen molar-refractivity contribution >= 4 is 23.0 Å². The minimum Gasteiger partial charge on any atom is -0.368 e. The van der Waals surface area contributed by atoms with Crippen LogP contribution in [0, 0.1) is 0 Å². The van der Waals surface area contributed by atoms with Gasteiger partial charge in [0.2, 0.25) is 0 Å². The summed E-state index contributed by atoms with van der Waals surface area (Å²) in [6.07, 6.45) is 0. The third-order valence-corrected chi connectivity index (χ3v) is 4.23. The van der Waals surface area contributed by atoms with Crippen LogP contribution in [0.2, 0.25) is 5.02 Å². The number of hydrogen-bond donors (Lipinski definition) is 1. The summed E-state index contributed by atoms with van der Waals surface area (Å²) >= 11 is 5.95. The molecule has 1 aliphatic rings. The zero-order valence-electron chi connectivity index (χ0n) is 12.0. The Bertz CT molecular complexity index is 589. The lowest BCUT2D eigenvalue weighted by Gasteiger charge is -2.37. The van der Waals surface area contributed by atoms with E-state index in [1.165, 1.54) is 16.9 Å². The van der Waals surface area contributed by atoms with Crippen molar-refractivity contribution in [1.82, 2.24) is 0 Å². The lowest BCUT2D eigenvalue weighted by Crippen LogP contribution is -2.46. The normalized spacial score (nSPS) is 15.3. The molecule has 1 heterocycles. The molecule has 2 aromatic carbocycles. The van der Waals surface area contributed by atoms with Gasteiger partial charge in [-0.3, -0.25) is 0 Å². The average molecular weight is 302 g/mol. The number of nitrogens with two attached hydrogens (primary N) is 1. The summed E-state index contributed by atoms with van der Waals surface area (Å²) in [5, 5.41) is 0.788. The molecule has 0 unspecified atom stereocenters. The molecule has 0 amide bonds. The van der Waals surface area contributed by atoms with Crippen molar-refractivity contribution in [1.29, 1.82) is 0 Å². The van der Waals surface area contributed by atoms with Crippen LogP contribution in [-0.2, 0) is 6.54 Å². The summed E-state index contributed by atoms with van der Waals surface area (Å²) in [6.45, 7) is 4.69. The van der Waals surface area contributed by atoms with E-state index in [1.54, 1.807) is 0 Å². The van der Waals surface area contributed by atoms with Crippen molar-refractivity contribution in [2.24, 2.45) is 5.73 Å². The number of halogens is 1. The number of rotatable bonds is 3. The van der Waals surface area contributed by atoms with Gasteiger partial charge in [0.25, 0.3) is 0 Å². The third-order valence-electron chi connectivity index (χ3n) is 3.98. The van der Waals surface area contributed by atoms with E-state index in [2.05, 4.69) is 46.2 Å². The number of benzene rings is 2. The highest BCUT2D eigenvalue weighted by Gasteiger charge is 2.17. The van der Waals surface area contributed by atoms with Crippen molar-refractivity contribution in [3.05, 3.63) is 59.1 Å². The fourth-order valence-corrected chi connectivity index (χ4v) is 2.88. The van der Waals surface area contributed by atoms with E-state index in [0.717, 1.165) is 31.2 Å². The minimum absolute atomic E-state index is 0.596. The first-order chi connectivity index (χ1) is 10.3. The predicted molar refractivity (Wildman–Crippen MR) is 90.2 cm³/mol. The Kier molecular flexibility index (Phi) is 4.32. The Hall–Kier alpha value is -1.71. The molecule has 0 aliphatic carbocycles. The van der Waals surface area contributed by atoms with Gasteiger partial charge < -0.3 is 15.5 Å². The monoisotopic (exact) mass is 301 g/mol. The molecule has 1 aliphatic heterocycles. The van der Waals surface area contributed by atoms with E-state index in [-0.39, 0.29) is 0 Å². The largest absolute Gasteiger partial charge is 0.368 e. The highest BCUT2D eigenvalue weighted by Crippen LogP contribution is 2.22. The second-order valence-corrected chi connectivity index (χ2v) is 5.76. The molecule has 3 rings (SSSR count). The van der Waals surface area contributed by atoms with Gasteiger partial charge in [-0.2, -0.15) is 0 Å². The Labute approximate surface area is 130 Å². The topological polar surface area (TPSA) is 32.5 Å². The van der Waals surface area contributed by atoms with Crippen molar-refractivity contribution in [3.63, 3.8) is 0 Å². The molecule has 110 valence electrons. The number of nitrogens with zero attached hydrogens (tertiary/aromatic N) is 2. The smallest absolute Gasteiger partial charge is 0.0407 e. The van der Waals surface area contributed by atoms with Crippen molar-refractivity contribution in [2.75, 3.05) is 36.0 Å². The van der Waals surface area contributed by atoms with Gasteiger partial charge >= 0.3 is 0 Å². The standard InChI is InChI=1S/C17H20ClN3/c18-15-4-6-16(7-5-15)20-8-10-21(11-9-20)17-3-1-2-14(12-17)13-19/h1-7,12H,8-11,13,19H2. The molecule has 0 saturated carbocycles. The van der Waals surface area contributed by atoms with E-state index in [9.17, 15) is 0 Å². The van der Waals surface area contributed by atoms with Crippen LogP contribution in [0.5, 0.6) is 0 Å². The van der Waals surface area contributed by atoms with E-state index < -0.39 is 0 Å². The summed E-state index contributed by atoms with van der Waals surface area (Å²) < 4.78 is 0. The fourth-order valence-electron chi connectivity index (χ4n) is 2.75. The summed E-state index contributed by atoms with van der Waals surface area (Å²) in [5.74, 6) is 0. The van der Waals surface area contributed by atoms with E-state index in [1.807, 2.05) is 12.1 Å². The quantitative estimate of drug-likeness (QED) is 0.945. The molecule has 0 aromatic heterocycles. The molecule has 1 fully saturated rings. The zero-order chi connectivity index (χ0) is 14.7. The van der Waals surface area contributed by atoms with Crippen LogP contribution >= 0.6 is 11.6 Å². The van der Waals surface area contributed by atoms with Crippen LogP contribution in [-0.4, -0.2) is 26.2 Å². The van der Waals surface area contributed by atoms with Gasteiger partial charge in [0.1, 0.15) is 0 Å². The zero-order valence-corrected chi connectivity index (χ0v) is 12.8. The van der Waals surface area contributed by atoms with Gasteiger partial charge in [-0.25, -0.2) is 0 Å². The van der Waals surface area contributed by atoms with Gasteiger partial charge in [0, 0.05) is 49.1 Å². The van der Waals surface area contributed by atoms with Crippen LogP contribution in [0.25, 0.3) is 0 Å². The molecule has 2 N–H and O–H groups in total. The number of anilines is 2. The van der Waals surface area contributed by atoms with Crippen molar-refractivity contribution in [3.8, 4) is 0 Å². The molecule has 3 nitrogen and oxygen atoms in total. The van der Waals surface area contributed by atoms with Crippen molar-refractivity contribution < 1.29 is 0 Å². The summed E-state index contributed by atoms with van der Waals surface area (Å²) in [6, 6.07) is 16.6. The Balaban J connectivity index is 1.65. The lowest BCUT2D eigenvalue weighted by atomic mass is 10.1. The Morgan fingerprint density at radius 2 is 1.48 bits per heavy atom. The molecule has 1 saturated heterocycles. The first-order valence-electron chi connectivity index (χ1n) is 7.31. The lowest BCUT2D eigenvalue weighted by molar-refractivity contribution is 0.653. The van der Waals surface area contributed by atoms with Gasteiger partial charge in [-0.15, -0.1) is 0 Å². The minimum atomic E-state index is 0.596. The van der Waals surface area contributed by atoms with E-state index >= 15 is 0 Å². The second-order valence-electron chi connectivity index (χ2n) is 5.32. The molecule has 21 heavy (non-hydrogen) atoms. The molecule has 0 radical (unpaired) electrons. The molecule has 4 heteroatoms. The van der Waals surface area contributed by atoms with Gasteiger partial charge in [0.05, 0.1) is 0 Å². The highest BCUT2D eigenvalue weighted by molar-refractivity contribution is 6.30. The fraction of sp³-hybridized carbons (Fsp3) is 0.294. The molecule has 0 bridgehead atoms. The third kappa shape index (κ3) is 3.31. The maximum Gasteiger partial charge on any atom is 0.0407 e. The molecular weight excluding hydrogens is 282 g/mol. The van der Waals surface area contributed by atoms with Crippen LogP contribution < -0.4 is 15.5 Å². The second kappa shape index (κ2) is 6.37. The predicted octanol–water partition coefficient (Wildman–Crippen LogP) is 3.13. The summed E-state index contributed by atoms with van der Waals surface area (Å²) in [4.78, 5) is 4.82. The van der Waals surface area contributed by atoms with Gasteiger partial charge in [-0.05, 0) is 42.0 Å². The first-order valence-corrected chi connectivity index (χ1v) is 7.68. The Morgan fingerprint density at radius 3 is 2.10 bits per heavy atom. The molecule has 0 atom stereocenters. The van der Waals surface area contributed by atoms with Crippen LogP contribution in [0.1, 0.15) is 5.56 Å². The summed E-state index contributed by atoms with van der Waals surface area (Å²) in [7, 11) is 0. The highest BCUT2D eigenvalue weighted by atomic mass is 35.5. The number of hydrogen-bond acceptors (Lipinski definition) is 3. The Morgan fingerprint density at radius 1 is 0.857 bits per heavy atom. The summed E-state index contributed by atoms with van der Waals surface area (Å²) in [5.41, 5.74) is 9.43. The molecule has 2 aromatic rings. The van der Waals surface area contributed by atoms with E-state index in [4.69, 9.17) is 17.3 Å². The average Bonchev–Trinajstić information content (AvgIpc) is 2.56.